The van der Waals surface area contributed by atoms with Crippen LogP contribution in [0.5, 0.6) is 0 Å². The Morgan fingerprint density at radius 1 is 0.778 bits per heavy atom. The normalized spacial score (nSPS) is 16.1. The summed E-state index contributed by atoms with van der Waals surface area (Å²) >= 11 is 0. The molecular weight excluding hydrogens is 347 g/mol. The topological polar surface area (TPSA) is 34.2 Å². The van der Waals surface area contributed by atoms with Gasteiger partial charge in [-0.3, -0.25) is 9.80 Å². The number of hydrogen-bond acceptors (Lipinski definition) is 5. The van der Waals surface area contributed by atoms with E-state index in [0.717, 1.165) is 65.3 Å². The second-order valence-electron chi connectivity index (χ2n) is 6.93. The monoisotopic (exact) mass is 382 g/mol. The van der Waals surface area contributed by atoms with Crippen molar-refractivity contribution in [2.45, 2.75) is 26.3 Å². The van der Waals surface area contributed by atoms with Crippen molar-refractivity contribution < 1.29 is 18.6 Å². The Balaban J connectivity index is 1.41. The molecule has 0 unspecified atom stereocenters. The first kappa shape index (κ1) is 22.2. The summed E-state index contributed by atoms with van der Waals surface area (Å²) in [5, 5.41) is 0. The molecule has 1 fully saturated rings. The largest absolute Gasteiger partial charge is 0.379 e. The molecule has 1 aliphatic rings. The van der Waals surface area contributed by atoms with E-state index in [-0.39, 0.29) is 5.82 Å². The number of ether oxygens (including phenoxy) is 3. The summed E-state index contributed by atoms with van der Waals surface area (Å²) in [5.74, 6) is -0.172. The van der Waals surface area contributed by atoms with Crippen LogP contribution in [0.3, 0.4) is 0 Å². The van der Waals surface area contributed by atoms with Crippen molar-refractivity contribution in [1.29, 1.82) is 0 Å². The fourth-order valence-electron chi connectivity index (χ4n) is 3.00. The van der Waals surface area contributed by atoms with Crippen molar-refractivity contribution >= 4 is 0 Å². The zero-order valence-electron chi connectivity index (χ0n) is 16.7. The average Bonchev–Trinajstić information content (AvgIpc) is 2.69. The van der Waals surface area contributed by atoms with Gasteiger partial charge in [-0.15, -0.1) is 0 Å². The van der Waals surface area contributed by atoms with E-state index in [1.165, 1.54) is 17.7 Å². The molecule has 6 heteroatoms. The van der Waals surface area contributed by atoms with Crippen LogP contribution in [0, 0.1) is 5.82 Å². The van der Waals surface area contributed by atoms with Crippen LogP contribution in [-0.4, -0.2) is 82.2 Å². The molecule has 1 aromatic rings. The summed E-state index contributed by atoms with van der Waals surface area (Å²) in [5.41, 5.74) is 1.17. The standard InChI is InChI=1S/C21H35FN2O3/c1-2-3-13-25-15-17-27-18-16-26-14-12-23-8-10-24(11-9-23)19-20-4-6-21(22)7-5-20/h4-7H,2-3,8-19H2,1H3. The van der Waals surface area contributed by atoms with Crippen LogP contribution in [0.1, 0.15) is 25.3 Å². The fourth-order valence-corrected chi connectivity index (χ4v) is 3.00. The summed E-state index contributed by atoms with van der Waals surface area (Å²) in [4.78, 5) is 4.85. The summed E-state index contributed by atoms with van der Waals surface area (Å²) in [6.45, 7) is 12.3. The number of benzene rings is 1. The number of hydrogen-bond donors (Lipinski definition) is 0. The van der Waals surface area contributed by atoms with Gasteiger partial charge < -0.3 is 14.2 Å². The molecule has 154 valence electrons. The van der Waals surface area contributed by atoms with E-state index in [1.54, 1.807) is 0 Å². The Morgan fingerprint density at radius 2 is 1.33 bits per heavy atom. The van der Waals surface area contributed by atoms with E-state index in [2.05, 4.69) is 16.7 Å². The van der Waals surface area contributed by atoms with E-state index >= 15 is 0 Å². The Hall–Kier alpha value is -1.05. The molecule has 0 atom stereocenters. The molecule has 27 heavy (non-hydrogen) atoms. The fraction of sp³-hybridized carbons (Fsp3) is 0.714. The molecule has 0 radical (unpaired) electrons. The van der Waals surface area contributed by atoms with Crippen LogP contribution < -0.4 is 0 Å². The van der Waals surface area contributed by atoms with Crippen LogP contribution in [0.2, 0.25) is 0 Å². The maximum absolute atomic E-state index is 13.0. The number of piperazine rings is 1. The van der Waals surface area contributed by atoms with E-state index in [1.807, 2.05) is 12.1 Å². The summed E-state index contributed by atoms with van der Waals surface area (Å²) < 4.78 is 29.6. The van der Waals surface area contributed by atoms with Crippen LogP contribution in [-0.2, 0) is 20.8 Å². The van der Waals surface area contributed by atoms with Gasteiger partial charge >= 0.3 is 0 Å². The van der Waals surface area contributed by atoms with Gasteiger partial charge in [-0.1, -0.05) is 25.5 Å². The minimum atomic E-state index is -0.172. The van der Waals surface area contributed by atoms with Crippen molar-refractivity contribution in [2.24, 2.45) is 0 Å². The molecule has 0 saturated carbocycles. The third-order valence-electron chi connectivity index (χ3n) is 4.72. The molecule has 1 saturated heterocycles. The lowest BCUT2D eigenvalue weighted by Gasteiger charge is -2.34. The number of unbranched alkanes of at least 4 members (excludes halogenated alkanes) is 1. The predicted molar refractivity (Wildman–Crippen MR) is 105 cm³/mol. The van der Waals surface area contributed by atoms with Gasteiger partial charge in [-0.25, -0.2) is 4.39 Å². The van der Waals surface area contributed by atoms with Crippen LogP contribution >= 0.6 is 0 Å². The maximum atomic E-state index is 13.0. The minimum Gasteiger partial charge on any atom is -0.379 e. The van der Waals surface area contributed by atoms with Crippen molar-refractivity contribution in [3.8, 4) is 0 Å². The molecule has 0 aromatic heterocycles. The van der Waals surface area contributed by atoms with Crippen LogP contribution in [0.25, 0.3) is 0 Å². The Labute approximate surface area is 163 Å². The Kier molecular flexibility index (Phi) is 11.5. The quantitative estimate of drug-likeness (QED) is 0.462. The molecule has 0 amide bonds. The number of nitrogens with zero attached hydrogens (tertiary/aromatic N) is 2. The van der Waals surface area contributed by atoms with Gasteiger partial charge in [-0.05, 0) is 24.1 Å². The Bertz CT molecular complexity index is 479. The highest BCUT2D eigenvalue weighted by atomic mass is 19.1. The third-order valence-corrected chi connectivity index (χ3v) is 4.72. The van der Waals surface area contributed by atoms with Gasteiger partial charge in [0.2, 0.25) is 0 Å². The third kappa shape index (κ3) is 10.2. The van der Waals surface area contributed by atoms with Crippen molar-refractivity contribution in [3.63, 3.8) is 0 Å². The van der Waals surface area contributed by atoms with Gasteiger partial charge in [0, 0.05) is 45.9 Å². The number of rotatable bonds is 14. The summed E-state index contributed by atoms with van der Waals surface area (Å²) in [6.07, 6.45) is 2.28. The zero-order chi connectivity index (χ0) is 19.2. The molecule has 2 rings (SSSR count). The first-order valence-electron chi connectivity index (χ1n) is 10.2. The van der Waals surface area contributed by atoms with Crippen LogP contribution in [0.4, 0.5) is 4.39 Å². The predicted octanol–water partition coefficient (Wildman–Crippen LogP) is 2.79. The molecular formula is C21H35FN2O3. The van der Waals surface area contributed by atoms with Crippen molar-refractivity contribution in [2.75, 3.05) is 72.4 Å². The molecule has 0 spiro atoms. The van der Waals surface area contributed by atoms with Gasteiger partial charge in [0.15, 0.2) is 0 Å². The minimum absolute atomic E-state index is 0.172. The SMILES string of the molecule is CCCCOCCOCCOCCN1CCN(Cc2ccc(F)cc2)CC1. The Morgan fingerprint density at radius 3 is 1.96 bits per heavy atom. The van der Waals surface area contributed by atoms with E-state index in [0.29, 0.717) is 26.4 Å². The summed E-state index contributed by atoms with van der Waals surface area (Å²) in [7, 11) is 0. The zero-order valence-corrected chi connectivity index (χ0v) is 16.7. The van der Waals surface area contributed by atoms with E-state index < -0.39 is 0 Å². The second kappa shape index (κ2) is 14.0. The van der Waals surface area contributed by atoms with E-state index in [4.69, 9.17) is 14.2 Å². The molecule has 0 aliphatic carbocycles. The lowest BCUT2D eigenvalue weighted by atomic mass is 10.2. The molecule has 1 aliphatic heterocycles. The molecule has 0 bridgehead atoms. The lowest BCUT2D eigenvalue weighted by Crippen LogP contribution is -2.46. The number of halogens is 1. The highest BCUT2D eigenvalue weighted by molar-refractivity contribution is 5.15. The van der Waals surface area contributed by atoms with Crippen molar-refractivity contribution in [3.05, 3.63) is 35.6 Å². The molecule has 0 N–H and O–H groups in total. The smallest absolute Gasteiger partial charge is 0.123 e. The molecule has 5 nitrogen and oxygen atoms in total. The highest BCUT2D eigenvalue weighted by Gasteiger charge is 2.16. The van der Waals surface area contributed by atoms with Gasteiger partial charge in [0.25, 0.3) is 0 Å². The first-order valence-corrected chi connectivity index (χ1v) is 10.2. The van der Waals surface area contributed by atoms with Crippen molar-refractivity contribution in [1.82, 2.24) is 9.80 Å². The maximum Gasteiger partial charge on any atom is 0.123 e. The average molecular weight is 383 g/mol. The highest BCUT2D eigenvalue weighted by Crippen LogP contribution is 2.09. The summed E-state index contributed by atoms with van der Waals surface area (Å²) in [6, 6.07) is 6.81. The van der Waals surface area contributed by atoms with Gasteiger partial charge in [-0.2, -0.15) is 0 Å². The molecule has 1 heterocycles. The van der Waals surface area contributed by atoms with Gasteiger partial charge in [0.1, 0.15) is 5.82 Å². The van der Waals surface area contributed by atoms with Gasteiger partial charge in [0.05, 0.1) is 33.0 Å². The first-order chi connectivity index (χ1) is 13.3. The second-order valence-corrected chi connectivity index (χ2v) is 6.93. The lowest BCUT2D eigenvalue weighted by molar-refractivity contribution is 0.00739. The molecule has 1 aromatic carbocycles. The van der Waals surface area contributed by atoms with E-state index in [9.17, 15) is 4.39 Å². The van der Waals surface area contributed by atoms with Crippen LogP contribution in [0.15, 0.2) is 24.3 Å².